The number of hydrogen-bond acceptors (Lipinski definition) is 5. The number of benzene rings is 1. The van der Waals surface area contributed by atoms with Crippen LogP contribution in [0.5, 0.6) is 0 Å². The van der Waals surface area contributed by atoms with Gasteiger partial charge >= 0.3 is 6.03 Å². The molecule has 0 saturated heterocycles. The summed E-state index contributed by atoms with van der Waals surface area (Å²) in [5.41, 5.74) is 4.65. The van der Waals surface area contributed by atoms with Crippen LogP contribution in [0.1, 0.15) is 35.8 Å². The topological polar surface area (TPSA) is 88.8 Å². The molecule has 32 heavy (non-hydrogen) atoms. The van der Waals surface area contributed by atoms with E-state index in [9.17, 15) is 4.79 Å². The lowest BCUT2D eigenvalue weighted by molar-refractivity contribution is 0.258. The first kappa shape index (κ1) is 20.4. The second-order valence-corrected chi connectivity index (χ2v) is 8.36. The summed E-state index contributed by atoms with van der Waals surface area (Å²) in [6.45, 7) is 2.55. The van der Waals surface area contributed by atoms with E-state index < -0.39 is 0 Å². The Kier molecular flexibility index (Phi) is 5.22. The van der Waals surface area contributed by atoms with Crippen molar-refractivity contribution in [2.75, 3.05) is 17.3 Å². The minimum atomic E-state index is -0.317. The standard InChI is InChI=1S/C23H22ClN7O/c1-14-5-3-6-16(27-14)12-31-18-8-4-7-17(21(18)22(29-31)15-9-10-15)28-23(32)30(2)20-11-19(24)25-13-26-20/h3-8,11,13,15H,9-10,12H2,1-2H3,(H,28,32). The van der Waals surface area contributed by atoms with Crippen molar-refractivity contribution in [3.05, 3.63) is 71.0 Å². The predicted octanol–water partition coefficient (Wildman–Crippen LogP) is 4.78. The highest BCUT2D eigenvalue weighted by molar-refractivity contribution is 6.29. The average molecular weight is 448 g/mol. The van der Waals surface area contributed by atoms with Crippen molar-refractivity contribution < 1.29 is 4.79 Å². The Morgan fingerprint density at radius 3 is 2.78 bits per heavy atom. The number of anilines is 2. The van der Waals surface area contributed by atoms with Gasteiger partial charge in [-0.05, 0) is 44.0 Å². The van der Waals surface area contributed by atoms with E-state index in [1.54, 1.807) is 13.1 Å². The Balaban J connectivity index is 1.50. The molecule has 3 aromatic heterocycles. The first-order valence-electron chi connectivity index (χ1n) is 10.4. The Bertz CT molecular complexity index is 1310. The van der Waals surface area contributed by atoms with E-state index in [2.05, 4.69) is 20.3 Å². The highest BCUT2D eigenvalue weighted by atomic mass is 35.5. The van der Waals surface area contributed by atoms with Gasteiger partial charge in [0.25, 0.3) is 0 Å². The molecule has 0 atom stereocenters. The third-order valence-corrected chi connectivity index (χ3v) is 5.74. The zero-order valence-electron chi connectivity index (χ0n) is 17.8. The van der Waals surface area contributed by atoms with Gasteiger partial charge in [0.2, 0.25) is 0 Å². The molecular formula is C23H22ClN7O. The number of aryl methyl sites for hydroxylation is 1. The maximum atomic E-state index is 13.0. The van der Waals surface area contributed by atoms with Gasteiger partial charge in [0.15, 0.2) is 0 Å². The van der Waals surface area contributed by atoms with E-state index >= 15 is 0 Å². The first-order chi connectivity index (χ1) is 15.5. The molecule has 1 aromatic carbocycles. The number of aromatic nitrogens is 5. The molecule has 0 radical (unpaired) electrons. The average Bonchev–Trinajstić information content (AvgIpc) is 3.56. The van der Waals surface area contributed by atoms with E-state index in [4.69, 9.17) is 16.7 Å². The number of nitrogens with zero attached hydrogens (tertiary/aromatic N) is 6. The zero-order chi connectivity index (χ0) is 22.2. The summed E-state index contributed by atoms with van der Waals surface area (Å²) in [6, 6.07) is 13.1. The van der Waals surface area contributed by atoms with Crippen LogP contribution in [0.4, 0.5) is 16.3 Å². The molecule has 8 nitrogen and oxygen atoms in total. The number of carbonyl (C=O) groups is 1. The molecule has 0 spiro atoms. The minimum Gasteiger partial charge on any atom is -0.307 e. The highest BCUT2D eigenvalue weighted by Crippen LogP contribution is 2.44. The van der Waals surface area contributed by atoms with Gasteiger partial charge < -0.3 is 5.32 Å². The fraction of sp³-hybridized carbons (Fsp3) is 0.261. The zero-order valence-corrected chi connectivity index (χ0v) is 18.5. The number of fused-ring (bicyclic) bond motifs is 1. The number of amides is 2. The summed E-state index contributed by atoms with van der Waals surface area (Å²) in [4.78, 5) is 27.0. The number of pyridine rings is 1. The fourth-order valence-corrected chi connectivity index (χ4v) is 3.92. The first-order valence-corrected chi connectivity index (χ1v) is 10.8. The molecule has 1 saturated carbocycles. The van der Waals surface area contributed by atoms with Gasteiger partial charge in [-0.15, -0.1) is 0 Å². The Hall–Kier alpha value is -3.52. The van der Waals surface area contributed by atoms with Gasteiger partial charge in [-0.3, -0.25) is 14.6 Å². The van der Waals surface area contributed by atoms with Crippen LogP contribution >= 0.6 is 11.6 Å². The predicted molar refractivity (Wildman–Crippen MR) is 124 cm³/mol. The molecule has 1 N–H and O–H groups in total. The number of rotatable bonds is 5. The van der Waals surface area contributed by atoms with Gasteiger partial charge in [0, 0.05) is 30.1 Å². The molecular weight excluding hydrogens is 426 g/mol. The monoisotopic (exact) mass is 447 g/mol. The molecule has 9 heteroatoms. The molecule has 1 aliphatic rings. The summed E-state index contributed by atoms with van der Waals surface area (Å²) >= 11 is 5.95. The molecule has 162 valence electrons. The lowest BCUT2D eigenvalue weighted by atomic mass is 10.1. The van der Waals surface area contributed by atoms with E-state index in [-0.39, 0.29) is 11.2 Å². The Morgan fingerprint density at radius 1 is 1.22 bits per heavy atom. The highest BCUT2D eigenvalue weighted by Gasteiger charge is 2.30. The smallest absolute Gasteiger partial charge is 0.307 e. The summed E-state index contributed by atoms with van der Waals surface area (Å²) in [7, 11) is 1.64. The number of hydrogen-bond donors (Lipinski definition) is 1. The molecule has 4 aromatic rings. The maximum Gasteiger partial charge on any atom is 0.327 e. The van der Waals surface area contributed by atoms with Crippen LogP contribution < -0.4 is 10.2 Å². The van der Waals surface area contributed by atoms with Crippen molar-refractivity contribution in [1.29, 1.82) is 0 Å². The van der Waals surface area contributed by atoms with Crippen LogP contribution in [0.3, 0.4) is 0 Å². The molecule has 3 heterocycles. The second-order valence-electron chi connectivity index (χ2n) is 7.98. The van der Waals surface area contributed by atoms with E-state index in [1.165, 1.54) is 11.2 Å². The molecule has 2 amide bonds. The molecule has 1 aliphatic carbocycles. The van der Waals surface area contributed by atoms with Gasteiger partial charge in [-0.25, -0.2) is 14.8 Å². The molecule has 0 unspecified atom stereocenters. The lowest BCUT2D eigenvalue weighted by Gasteiger charge is -2.17. The van der Waals surface area contributed by atoms with Crippen molar-refractivity contribution in [3.8, 4) is 0 Å². The Labute approximate surface area is 190 Å². The molecule has 1 fully saturated rings. The van der Waals surface area contributed by atoms with Gasteiger partial charge in [-0.2, -0.15) is 5.10 Å². The molecule has 5 rings (SSSR count). The Morgan fingerprint density at radius 2 is 2.03 bits per heavy atom. The number of carbonyl (C=O) groups excluding carboxylic acids is 1. The van der Waals surface area contributed by atoms with Gasteiger partial charge in [-0.1, -0.05) is 23.7 Å². The van der Waals surface area contributed by atoms with Crippen molar-refractivity contribution in [2.45, 2.75) is 32.2 Å². The molecule has 0 aliphatic heterocycles. The van der Waals surface area contributed by atoms with Gasteiger partial charge in [0.05, 0.1) is 29.1 Å². The largest absolute Gasteiger partial charge is 0.327 e. The van der Waals surface area contributed by atoms with E-state index in [0.717, 1.165) is 46.5 Å². The van der Waals surface area contributed by atoms with Crippen LogP contribution in [-0.2, 0) is 6.54 Å². The van der Waals surface area contributed by atoms with Crippen molar-refractivity contribution in [1.82, 2.24) is 24.7 Å². The number of halogens is 1. The fourth-order valence-electron chi connectivity index (χ4n) is 3.78. The summed E-state index contributed by atoms with van der Waals surface area (Å²) in [6.07, 6.45) is 3.55. The minimum absolute atomic E-state index is 0.277. The van der Waals surface area contributed by atoms with Crippen molar-refractivity contribution >= 4 is 40.0 Å². The second kappa shape index (κ2) is 8.20. The number of nitrogens with one attached hydrogen (secondary N) is 1. The van der Waals surface area contributed by atoms with Crippen LogP contribution in [0.15, 0.2) is 48.8 Å². The van der Waals surface area contributed by atoms with E-state index in [1.807, 2.05) is 48.0 Å². The van der Waals surface area contributed by atoms with E-state index in [0.29, 0.717) is 18.3 Å². The third kappa shape index (κ3) is 4.01. The van der Waals surface area contributed by atoms with Gasteiger partial charge in [0.1, 0.15) is 17.3 Å². The number of urea groups is 1. The van der Waals surface area contributed by atoms with Crippen molar-refractivity contribution in [2.24, 2.45) is 0 Å². The normalized spacial score (nSPS) is 13.3. The summed E-state index contributed by atoms with van der Waals surface area (Å²) < 4.78 is 1.98. The SMILES string of the molecule is Cc1cccc(Cn2nc(C3CC3)c3c(NC(=O)N(C)c4cc(Cl)ncn4)cccc32)n1. The van der Waals surface area contributed by atoms with Crippen molar-refractivity contribution in [3.63, 3.8) is 0 Å². The van der Waals surface area contributed by atoms with Crippen LogP contribution in [0, 0.1) is 6.92 Å². The quantitative estimate of drug-likeness (QED) is 0.445. The summed E-state index contributed by atoms with van der Waals surface area (Å²) in [5.74, 6) is 0.832. The summed E-state index contributed by atoms with van der Waals surface area (Å²) in [5, 5.41) is 9.21. The third-order valence-electron chi connectivity index (χ3n) is 5.54. The molecule has 0 bridgehead atoms. The van der Waals surface area contributed by atoms with Crippen LogP contribution in [0.2, 0.25) is 5.15 Å². The van der Waals surface area contributed by atoms with Crippen LogP contribution in [0.25, 0.3) is 10.9 Å². The maximum absolute atomic E-state index is 13.0. The lowest BCUT2D eigenvalue weighted by Crippen LogP contribution is -2.31. The van der Waals surface area contributed by atoms with Crippen LogP contribution in [-0.4, -0.2) is 37.8 Å².